The van der Waals surface area contributed by atoms with Crippen molar-refractivity contribution in [2.75, 3.05) is 19.7 Å². The van der Waals surface area contributed by atoms with Gasteiger partial charge in [0.15, 0.2) is 6.04 Å². The van der Waals surface area contributed by atoms with Gasteiger partial charge in [0.2, 0.25) is 0 Å². The molecule has 0 aromatic heterocycles. The topological polar surface area (TPSA) is 110 Å². The molecule has 18 heavy (non-hydrogen) atoms. The van der Waals surface area contributed by atoms with E-state index in [-0.39, 0.29) is 19.1 Å². The smallest absolute Gasteiger partial charge is 0.332 e. The normalized spacial score (nSPS) is 12.1. The number of aliphatic carboxylic acids is 1. The molecule has 0 radical (unpaired) electrons. The fraction of sp³-hybridized carbons (Fsp3) is 0.727. The molecule has 104 valence electrons. The highest BCUT2D eigenvalue weighted by Gasteiger charge is 2.29. The van der Waals surface area contributed by atoms with Gasteiger partial charge < -0.3 is 20.5 Å². The van der Waals surface area contributed by atoms with Crippen LogP contribution in [0, 0.1) is 5.92 Å². The van der Waals surface area contributed by atoms with Crippen LogP contribution in [-0.2, 0) is 19.1 Å². The average Bonchev–Trinajstić information content (AvgIpc) is 2.25. The standard InChI is InChI=1S/C11H20N2O5/c1-4-18-11(17)9(12)10(16)13(5-7(2)3)6-8(14)15/h7,9H,4-6,12H2,1-3H3,(H,14,15). The third kappa shape index (κ3) is 5.62. The molecular formula is C11H20N2O5. The molecule has 0 saturated heterocycles. The predicted molar refractivity (Wildman–Crippen MR) is 63.7 cm³/mol. The number of carboxylic acids is 1. The molecule has 0 aliphatic heterocycles. The SMILES string of the molecule is CCOC(=O)C(N)C(=O)N(CC(=O)O)CC(C)C. The van der Waals surface area contributed by atoms with Crippen LogP contribution in [-0.4, -0.2) is 53.6 Å². The maximum absolute atomic E-state index is 11.9. The first-order valence-corrected chi connectivity index (χ1v) is 5.72. The first-order chi connectivity index (χ1) is 8.29. The lowest BCUT2D eigenvalue weighted by Gasteiger charge is -2.24. The Kier molecular flexibility index (Phi) is 6.96. The zero-order valence-electron chi connectivity index (χ0n) is 10.9. The molecular weight excluding hydrogens is 240 g/mol. The summed E-state index contributed by atoms with van der Waals surface area (Å²) >= 11 is 0. The number of carbonyl (C=O) groups excluding carboxylic acids is 2. The van der Waals surface area contributed by atoms with Crippen molar-refractivity contribution in [1.82, 2.24) is 4.90 Å². The van der Waals surface area contributed by atoms with E-state index in [1.165, 1.54) is 0 Å². The molecule has 0 heterocycles. The van der Waals surface area contributed by atoms with E-state index in [0.29, 0.717) is 0 Å². The lowest BCUT2D eigenvalue weighted by atomic mass is 10.2. The van der Waals surface area contributed by atoms with E-state index in [4.69, 9.17) is 10.8 Å². The van der Waals surface area contributed by atoms with Gasteiger partial charge in [-0.3, -0.25) is 9.59 Å². The lowest BCUT2D eigenvalue weighted by Crippen LogP contribution is -2.51. The molecule has 1 atom stereocenters. The molecule has 0 rings (SSSR count). The number of amides is 1. The minimum atomic E-state index is -1.47. The van der Waals surface area contributed by atoms with Crippen LogP contribution in [0.5, 0.6) is 0 Å². The number of nitrogens with two attached hydrogens (primary N) is 1. The first-order valence-electron chi connectivity index (χ1n) is 5.72. The summed E-state index contributed by atoms with van der Waals surface area (Å²) in [4.78, 5) is 34.9. The molecule has 0 aromatic rings. The molecule has 0 fully saturated rings. The minimum Gasteiger partial charge on any atom is -0.480 e. The third-order valence-electron chi connectivity index (χ3n) is 2.03. The molecule has 1 amide bonds. The maximum atomic E-state index is 11.9. The number of nitrogens with zero attached hydrogens (tertiary/aromatic N) is 1. The summed E-state index contributed by atoms with van der Waals surface area (Å²) in [6.45, 7) is 5.11. The molecule has 0 saturated carbocycles. The number of rotatable bonds is 7. The van der Waals surface area contributed by atoms with Crippen molar-refractivity contribution in [1.29, 1.82) is 0 Å². The number of hydrogen-bond donors (Lipinski definition) is 2. The largest absolute Gasteiger partial charge is 0.480 e. The molecule has 0 aliphatic carbocycles. The van der Waals surface area contributed by atoms with Crippen molar-refractivity contribution in [2.45, 2.75) is 26.8 Å². The summed E-state index contributed by atoms with van der Waals surface area (Å²) in [6.07, 6.45) is 0. The summed E-state index contributed by atoms with van der Waals surface area (Å²) in [5, 5.41) is 8.72. The van der Waals surface area contributed by atoms with Gasteiger partial charge >= 0.3 is 11.9 Å². The molecule has 3 N–H and O–H groups in total. The van der Waals surface area contributed by atoms with Gasteiger partial charge in [-0.25, -0.2) is 4.79 Å². The van der Waals surface area contributed by atoms with Crippen molar-refractivity contribution >= 4 is 17.8 Å². The molecule has 0 spiro atoms. The third-order valence-corrected chi connectivity index (χ3v) is 2.03. The monoisotopic (exact) mass is 260 g/mol. The molecule has 0 aromatic carbocycles. The highest BCUT2D eigenvalue weighted by atomic mass is 16.5. The second kappa shape index (κ2) is 7.65. The van der Waals surface area contributed by atoms with Gasteiger partial charge in [-0.2, -0.15) is 0 Å². The fourth-order valence-electron chi connectivity index (χ4n) is 1.37. The van der Waals surface area contributed by atoms with Crippen LogP contribution in [0.4, 0.5) is 0 Å². The Labute approximate surface area is 106 Å². The lowest BCUT2D eigenvalue weighted by molar-refractivity contribution is -0.154. The van der Waals surface area contributed by atoms with E-state index in [1.54, 1.807) is 6.92 Å². The summed E-state index contributed by atoms with van der Waals surface area (Å²) in [5.74, 6) is -2.66. The molecule has 0 bridgehead atoms. The van der Waals surface area contributed by atoms with Crippen molar-refractivity contribution in [2.24, 2.45) is 11.7 Å². The first kappa shape index (κ1) is 16.4. The van der Waals surface area contributed by atoms with Crippen LogP contribution in [0.15, 0.2) is 0 Å². The van der Waals surface area contributed by atoms with Gasteiger partial charge in [-0.15, -0.1) is 0 Å². The second-order valence-electron chi connectivity index (χ2n) is 4.24. The number of esters is 1. The molecule has 7 nitrogen and oxygen atoms in total. The Hall–Kier alpha value is -1.63. The summed E-state index contributed by atoms with van der Waals surface area (Å²) in [6, 6.07) is -1.47. The number of carbonyl (C=O) groups is 3. The highest BCUT2D eigenvalue weighted by molar-refractivity contribution is 6.02. The minimum absolute atomic E-state index is 0.0719. The van der Waals surface area contributed by atoms with E-state index in [1.807, 2.05) is 13.8 Å². The molecule has 7 heteroatoms. The van der Waals surface area contributed by atoms with Crippen LogP contribution in [0.3, 0.4) is 0 Å². The van der Waals surface area contributed by atoms with E-state index < -0.39 is 30.4 Å². The number of hydrogen-bond acceptors (Lipinski definition) is 5. The zero-order chi connectivity index (χ0) is 14.3. The molecule has 0 aliphatic rings. The maximum Gasteiger partial charge on any atom is 0.332 e. The van der Waals surface area contributed by atoms with Crippen LogP contribution in [0.2, 0.25) is 0 Å². The van der Waals surface area contributed by atoms with Crippen molar-refractivity contribution in [3.63, 3.8) is 0 Å². The van der Waals surface area contributed by atoms with Gasteiger partial charge in [-0.1, -0.05) is 13.8 Å². The Morgan fingerprint density at radius 1 is 1.33 bits per heavy atom. The van der Waals surface area contributed by atoms with Gasteiger partial charge in [0, 0.05) is 6.54 Å². The fourth-order valence-corrected chi connectivity index (χ4v) is 1.37. The van der Waals surface area contributed by atoms with Gasteiger partial charge in [0.25, 0.3) is 5.91 Å². The zero-order valence-corrected chi connectivity index (χ0v) is 10.9. The van der Waals surface area contributed by atoms with Crippen LogP contribution < -0.4 is 5.73 Å². The predicted octanol–water partition coefficient (Wildman–Crippen LogP) is -0.554. The molecule has 1 unspecified atom stereocenters. The number of carboxylic acid groups (broad SMARTS) is 1. The Morgan fingerprint density at radius 3 is 2.28 bits per heavy atom. The Bertz CT molecular complexity index is 317. The van der Waals surface area contributed by atoms with Crippen LogP contribution >= 0.6 is 0 Å². The van der Waals surface area contributed by atoms with Gasteiger partial charge in [0.1, 0.15) is 6.54 Å². The van der Waals surface area contributed by atoms with Gasteiger partial charge in [-0.05, 0) is 12.8 Å². The van der Waals surface area contributed by atoms with Crippen molar-refractivity contribution in [3.8, 4) is 0 Å². The Morgan fingerprint density at radius 2 is 1.89 bits per heavy atom. The van der Waals surface area contributed by atoms with Crippen LogP contribution in [0.25, 0.3) is 0 Å². The van der Waals surface area contributed by atoms with E-state index >= 15 is 0 Å². The average molecular weight is 260 g/mol. The second-order valence-corrected chi connectivity index (χ2v) is 4.24. The van der Waals surface area contributed by atoms with E-state index in [9.17, 15) is 14.4 Å². The van der Waals surface area contributed by atoms with Crippen molar-refractivity contribution in [3.05, 3.63) is 0 Å². The van der Waals surface area contributed by atoms with Crippen LogP contribution in [0.1, 0.15) is 20.8 Å². The summed E-state index contributed by atoms with van der Waals surface area (Å²) in [7, 11) is 0. The number of ether oxygens (including phenoxy) is 1. The highest BCUT2D eigenvalue weighted by Crippen LogP contribution is 2.02. The Balaban J connectivity index is 4.72. The summed E-state index contributed by atoms with van der Waals surface area (Å²) < 4.78 is 4.63. The summed E-state index contributed by atoms with van der Waals surface area (Å²) in [5.41, 5.74) is 5.44. The van der Waals surface area contributed by atoms with E-state index in [0.717, 1.165) is 4.90 Å². The van der Waals surface area contributed by atoms with Crippen molar-refractivity contribution < 1.29 is 24.2 Å². The van der Waals surface area contributed by atoms with Gasteiger partial charge in [0.05, 0.1) is 6.61 Å². The quantitative estimate of drug-likeness (QED) is 0.469. The van der Waals surface area contributed by atoms with E-state index in [2.05, 4.69) is 4.74 Å².